The highest BCUT2D eigenvalue weighted by Gasteiger charge is 2.37. The number of nitrogens with one attached hydrogen (secondary N) is 4. The summed E-state index contributed by atoms with van der Waals surface area (Å²) in [7, 11) is 1.65. The Labute approximate surface area is 214 Å². The van der Waals surface area contributed by atoms with Crippen molar-refractivity contribution in [1.29, 1.82) is 0 Å². The van der Waals surface area contributed by atoms with Crippen molar-refractivity contribution in [3.8, 4) is 0 Å². The van der Waals surface area contributed by atoms with Crippen molar-refractivity contribution in [3.05, 3.63) is 71.8 Å². The van der Waals surface area contributed by atoms with Crippen LogP contribution in [0.15, 0.2) is 60.7 Å². The van der Waals surface area contributed by atoms with Crippen LogP contribution in [0.4, 0.5) is 0 Å². The fourth-order valence-corrected chi connectivity index (χ4v) is 3.84. The van der Waals surface area contributed by atoms with Crippen LogP contribution in [-0.4, -0.2) is 60.1 Å². The van der Waals surface area contributed by atoms with Gasteiger partial charge in [-0.2, -0.15) is 0 Å². The first kappa shape index (κ1) is 29.0. The minimum absolute atomic E-state index is 0.111. The lowest BCUT2D eigenvalue weighted by atomic mass is 9.90. The smallest absolute Gasteiger partial charge is 0.245 e. The van der Waals surface area contributed by atoms with E-state index in [0.29, 0.717) is 0 Å². The van der Waals surface area contributed by atoms with E-state index in [9.17, 15) is 19.5 Å². The lowest BCUT2D eigenvalue weighted by molar-refractivity contribution is -0.137. The standard InChI is InChI=1S/C28H40N4O4/c1-18(2)23(31-25(33)19(3)29-6)26(34)32-24(28(4,5)36)27(35)30-17-22(20-13-9-7-10-14-20)21-15-11-8-12-16-21/h7-16,18-19,22-24,29,36H,17H2,1-6H3,(H,30,35)(H,31,33)(H,32,34)/t19-,23-,24+/m0/s1. The largest absolute Gasteiger partial charge is 0.388 e. The molecule has 0 heterocycles. The second-order valence-electron chi connectivity index (χ2n) is 9.96. The zero-order chi connectivity index (χ0) is 26.9. The molecule has 0 fully saturated rings. The zero-order valence-electron chi connectivity index (χ0n) is 22.0. The molecule has 2 aromatic rings. The van der Waals surface area contributed by atoms with E-state index in [4.69, 9.17) is 0 Å². The molecule has 0 spiro atoms. The fourth-order valence-electron chi connectivity index (χ4n) is 3.84. The van der Waals surface area contributed by atoms with Crippen molar-refractivity contribution in [2.24, 2.45) is 5.92 Å². The number of benzene rings is 2. The first-order chi connectivity index (χ1) is 17.0. The van der Waals surface area contributed by atoms with Crippen molar-refractivity contribution in [2.45, 2.75) is 64.3 Å². The summed E-state index contributed by atoms with van der Waals surface area (Å²) in [6.45, 7) is 8.51. The number of hydrogen-bond donors (Lipinski definition) is 5. The van der Waals surface area contributed by atoms with E-state index in [1.54, 1.807) is 27.8 Å². The molecule has 0 saturated carbocycles. The van der Waals surface area contributed by atoms with Gasteiger partial charge >= 0.3 is 0 Å². The minimum Gasteiger partial charge on any atom is -0.388 e. The SMILES string of the molecule is CN[C@@H](C)C(=O)N[C@H](C(=O)N[C@H](C(=O)NCC(c1ccccc1)c1ccccc1)C(C)(C)O)C(C)C. The second-order valence-corrected chi connectivity index (χ2v) is 9.96. The van der Waals surface area contributed by atoms with Crippen LogP contribution in [0, 0.1) is 5.92 Å². The molecule has 2 rings (SSSR count). The molecule has 0 bridgehead atoms. The van der Waals surface area contributed by atoms with Crippen LogP contribution < -0.4 is 21.3 Å². The van der Waals surface area contributed by atoms with E-state index >= 15 is 0 Å². The molecule has 0 aromatic heterocycles. The topological polar surface area (TPSA) is 120 Å². The minimum atomic E-state index is -1.54. The van der Waals surface area contributed by atoms with E-state index in [0.717, 1.165) is 11.1 Å². The predicted octanol–water partition coefficient (Wildman–Crippen LogP) is 1.94. The molecule has 8 heteroatoms. The highest BCUT2D eigenvalue weighted by molar-refractivity contribution is 5.93. The summed E-state index contributed by atoms with van der Waals surface area (Å²) in [6.07, 6.45) is 0. The Kier molecular flexibility index (Phi) is 10.6. The summed E-state index contributed by atoms with van der Waals surface area (Å²) >= 11 is 0. The molecular formula is C28H40N4O4. The Hall–Kier alpha value is -3.23. The van der Waals surface area contributed by atoms with Crippen LogP contribution >= 0.6 is 0 Å². The Morgan fingerprint density at radius 3 is 1.72 bits per heavy atom. The van der Waals surface area contributed by atoms with Crippen molar-refractivity contribution >= 4 is 17.7 Å². The first-order valence-corrected chi connectivity index (χ1v) is 12.3. The number of rotatable bonds is 12. The molecule has 3 atom stereocenters. The number of amides is 3. The number of carbonyl (C=O) groups is 3. The monoisotopic (exact) mass is 496 g/mol. The van der Waals surface area contributed by atoms with Crippen LogP contribution in [0.2, 0.25) is 0 Å². The third-order valence-electron chi connectivity index (χ3n) is 6.21. The van der Waals surface area contributed by atoms with Crippen molar-refractivity contribution < 1.29 is 19.5 Å². The molecule has 0 aliphatic rings. The van der Waals surface area contributed by atoms with Gasteiger partial charge in [0.15, 0.2) is 0 Å². The lowest BCUT2D eigenvalue weighted by Crippen LogP contribution is -2.62. The zero-order valence-corrected chi connectivity index (χ0v) is 22.0. The van der Waals surface area contributed by atoms with Crippen molar-refractivity contribution in [1.82, 2.24) is 21.3 Å². The number of carbonyl (C=O) groups excluding carboxylic acids is 3. The van der Waals surface area contributed by atoms with Gasteiger partial charge in [-0.05, 0) is 44.9 Å². The molecule has 2 aromatic carbocycles. The Balaban J connectivity index is 2.19. The molecule has 8 nitrogen and oxygen atoms in total. The molecular weight excluding hydrogens is 456 g/mol. The molecule has 5 N–H and O–H groups in total. The lowest BCUT2D eigenvalue weighted by Gasteiger charge is -2.32. The average Bonchev–Trinajstić information content (AvgIpc) is 2.85. The van der Waals surface area contributed by atoms with Gasteiger partial charge in [-0.15, -0.1) is 0 Å². The number of likely N-dealkylation sites (N-methyl/N-ethyl adjacent to an activating group) is 1. The maximum absolute atomic E-state index is 13.3. The molecule has 0 aliphatic heterocycles. The van der Waals surface area contributed by atoms with E-state index in [1.165, 1.54) is 13.8 Å². The predicted molar refractivity (Wildman–Crippen MR) is 141 cm³/mol. The van der Waals surface area contributed by atoms with Crippen LogP contribution in [-0.2, 0) is 14.4 Å². The number of aliphatic hydroxyl groups is 1. The quantitative estimate of drug-likeness (QED) is 0.308. The van der Waals surface area contributed by atoms with Gasteiger partial charge in [0.1, 0.15) is 12.1 Å². The molecule has 0 aliphatic carbocycles. The van der Waals surface area contributed by atoms with Gasteiger partial charge in [0.25, 0.3) is 0 Å². The third-order valence-corrected chi connectivity index (χ3v) is 6.21. The Bertz CT molecular complexity index is 950. The molecule has 0 unspecified atom stereocenters. The fraction of sp³-hybridized carbons (Fsp3) is 0.464. The average molecular weight is 497 g/mol. The maximum atomic E-state index is 13.3. The van der Waals surface area contributed by atoms with Gasteiger partial charge in [0.2, 0.25) is 17.7 Å². The summed E-state index contributed by atoms with van der Waals surface area (Å²) < 4.78 is 0. The maximum Gasteiger partial charge on any atom is 0.245 e. The summed E-state index contributed by atoms with van der Waals surface area (Å²) in [6, 6.07) is 17.1. The summed E-state index contributed by atoms with van der Waals surface area (Å²) in [5.74, 6) is -1.72. The van der Waals surface area contributed by atoms with Crippen molar-refractivity contribution in [3.63, 3.8) is 0 Å². The number of hydrogen-bond acceptors (Lipinski definition) is 5. The Morgan fingerprint density at radius 2 is 1.31 bits per heavy atom. The summed E-state index contributed by atoms with van der Waals surface area (Å²) in [5, 5.41) is 21.9. The van der Waals surface area contributed by atoms with Gasteiger partial charge in [-0.1, -0.05) is 74.5 Å². The van der Waals surface area contributed by atoms with Crippen LogP contribution in [0.25, 0.3) is 0 Å². The van der Waals surface area contributed by atoms with Gasteiger partial charge in [0, 0.05) is 12.5 Å². The van der Waals surface area contributed by atoms with E-state index in [2.05, 4.69) is 21.3 Å². The van der Waals surface area contributed by atoms with Crippen molar-refractivity contribution in [2.75, 3.05) is 13.6 Å². The Morgan fingerprint density at radius 1 is 0.806 bits per heavy atom. The molecule has 0 saturated heterocycles. The third kappa shape index (κ3) is 8.17. The highest BCUT2D eigenvalue weighted by Crippen LogP contribution is 2.24. The van der Waals surface area contributed by atoms with Gasteiger partial charge in [-0.3, -0.25) is 14.4 Å². The first-order valence-electron chi connectivity index (χ1n) is 12.3. The van der Waals surface area contributed by atoms with Crippen LogP contribution in [0.5, 0.6) is 0 Å². The normalized spacial score (nSPS) is 14.1. The van der Waals surface area contributed by atoms with Gasteiger partial charge in [-0.25, -0.2) is 0 Å². The van der Waals surface area contributed by atoms with Gasteiger partial charge in [0.05, 0.1) is 11.6 Å². The van der Waals surface area contributed by atoms with E-state index in [-0.39, 0.29) is 24.3 Å². The second kappa shape index (κ2) is 13.2. The van der Waals surface area contributed by atoms with E-state index < -0.39 is 35.5 Å². The summed E-state index contributed by atoms with van der Waals surface area (Å²) in [5.41, 5.74) is 0.529. The van der Waals surface area contributed by atoms with Crippen LogP contribution in [0.3, 0.4) is 0 Å². The molecule has 3 amide bonds. The molecule has 36 heavy (non-hydrogen) atoms. The highest BCUT2D eigenvalue weighted by atomic mass is 16.3. The molecule has 196 valence electrons. The molecule has 0 radical (unpaired) electrons. The summed E-state index contributed by atoms with van der Waals surface area (Å²) in [4.78, 5) is 38.8. The van der Waals surface area contributed by atoms with Gasteiger partial charge < -0.3 is 26.4 Å². The van der Waals surface area contributed by atoms with E-state index in [1.807, 2.05) is 60.7 Å². The van der Waals surface area contributed by atoms with Crippen LogP contribution in [0.1, 0.15) is 51.7 Å².